The second kappa shape index (κ2) is 8.51. The van der Waals surface area contributed by atoms with E-state index in [0.717, 1.165) is 22.7 Å². The van der Waals surface area contributed by atoms with Crippen LogP contribution < -0.4 is 15.0 Å². The number of aromatic nitrogens is 3. The quantitative estimate of drug-likeness (QED) is 0.260. The van der Waals surface area contributed by atoms with Crippen LogP contribution in [0.4, 0.5) is 0 Å². The molecule has 8 nitrogen and oxygen atoms in total. The lowest BCUT2D eigenvalue weighted by Crippen LogP contribution is -2.27. The predicted molar refractivity (Wildman–Crippen MR) is 123 cm³/mol. The molecule has 0 atom stereocenters. The number of ether oxygens (including phenoxy) is 2. The second-order valence-electron chi connectivity index (χ2n) is 7.19. The Bertz CT molecular complexity index is 1410. The monoisotopic (exact) mass is 451 g/mol. The molecule has 0 aliphatic heterocycles. The molecular weight excluding hydrogens is 430 g/mol. The Morgan fingerprint density at radius 3 is 2.38 bits per heavy atom. The number of fused-ring (bicyclic) bond motifs is 3. The average molecular weight is 452 g/mol. The third-order valence-electron chi connectivity index (χ3n) is 5.08. The smallest absolute Gasteiger partial charge is 0.283 e. The van der Waals surface area contributed by atoms with Gasteiger partial charge in [0.25, 0.3) is 5.56 Å². The average Bonchev–Trinajstić information content (AvgIpc) is 3.15. The Balaban J connectivity index is 2.04. The highest BCUT2D eigenvalue weighted by atomic mass is 32.2. The van der Waals surface area contributed by atoms with Crippen molar-refractivity contribution in [1.82, 2.24) is 14.5 Å². The molecule has 0 radical (unpaired) electrons. The molecule has 0 amide bonds. The van der Waals surface area contributed by atoms with Crippen molar-refractivity contribution in [3.63, 3.8) is 0 Å². The standard InChI is InChI=1S/C23H21N3O5S/c1-12(27)21(13(2)28)32-23-25-19-15-7-5-6-8-16(15)24-20(19)22(29)26(23)14-9-10-17(30-3)18(11-14)31-4/h5-11,21,24H,1-4H3. The maximum atomic E-state index is 13.6. The van der Waals surface area contributed by atoms with E-state index in [1.807, 2.05) is 24.3 Å². The van der Waals surface area contributed by atoms with Gasteiger partial charge in [0.2, 0.25) is 0 Å². The number of para-hydroxylation sites is 1. The van der Waals surface area contributed by atoms with Crippen LogP contribution in [0.15, 0.2) is 52.4 Å². The molecule has 0 fully saturated rings. The zero-order chi connectivity index (χ0) is 23.0. The number of aromatic amines is 1. The summed E-state index contributed by atoms with van der Waals surface area (Å²) in [4.78, 5) is 45.8. The largest absolute Gasteiger partial charge is 0.493 e. The van der Waals surface area contributed by atoms with E-state index in [4.69, 9.17) is 14.5 Å². The van der Waals surface area contributed by atoms with Crippen LogP contribution in [0.2, 0.25) is 0 Å². The number of carbonyl (C=O) groups excluding carboxylic acids is 2. The molecule has 4 rings (SSSR count). The first-order valence-electron chi connectivity index (χ1n) is 9.79. The van der Waals surface area contributed by atoms with Crippen LogP contribution in [-0.4, -0.2) is 45.6 Å². The summed E-state index contributed by atoms with van der Waals surface area (Å²) in [6.45, 7) is 2.70. The van der Waals surface area contributed by atoms with E-state index in [1.165, 1.54) is 32.6 Å². The molecule has 32 heavy (non-hydrogen) atoms. The lowest BCUT2D eigenvalue weighted by Gasteiger charge is -2.16. The summed E-state index contributed by atoms with van der Waals surface area (Å²) in [5.74, 6) is 0.312. The molecule has 0 aliphatic carbocycles. The summed E-state index contributed by atoms with van der Waals surface area (Å²) < 4.78 is 12.1. The minimum absolute atomic E-state index is 0.231. The van der Waals surface area contributed by atoms with Crippen LogP contribution in [-0.2, 0) is 9.59 Å². The fourth-order valence-electron chi connectivity index (χ4n) is 3.57. The zero-order valence-corrected chi connectivity index (χ0v) is 18.8. The predicted octanol–water partition coefficient (Wildman–Crippen LogP) is 3.52. The summed E-state index contributed by atoms with van der Waals surface area (Å²) in [7, 11) is 3.02. The highest BCUT2D eigenvalue weighted by Gasteiger charge is 2.26. The first-order chi connectivity index (χ1) is 15.3. The number of H-pyrrole nitrogens is 1. The van der Waals surface area contributed by atoms with E-state index < -0.39 is 5.25 Å². The van der Waals surface area contributed by atoms with Crippen molar-refractivity contribution in [2.75, 3.05) is 14.2 Å². The van der Waals surface area contributed by atoms with Crippen molar-refractivity contribution in [2.45, 2.75) is 24.3 Å². The number of nitrogens with one attached hydrogen (secondary N) is 1. The summed E-state index contributed by atoms with van der Waals surface area (Å²) in [5.41, 5.74) is 1.69. The normalized spacial score (nSPS) is 11.3. The molecule has 2 aromatic heterocycles. The van der Waals surface area contributed by atoms with E-state index >= 15 is 0 Å². The van der Waals surface area contributed by atoms with Gasteiger partial charge in [-0.1, -0.05) is 30.0 Å². The van der Waals surface area contributed by atoms with Gasteiger partial charge in [0.15, 0.2) is 28.2 Å². The first-order valence-corrected chi connectivity index (χ1v) is 10.7. The number of hydrogen-bond acceptors (Lipinski definition) is 7. The molecule has 4 aromatic rings. The number of hydrogen-bond donors (Lipinski definition) is 1. The minimum Gasteiger partial charge on any atom is -0.493 e. The topological polar surface area (TPSA) is 103 Å². The fourth-order valence-corrected chi connectivity index (χ4v) is 4.55. The van der Waals surface area contributed by atoms with Crippen molar-refractivity contribution in [3.05, 3.63) is 52.8 Å². The molecule has 9 heteroatoms. The minimum atomic E-state index is -0.976. The van der Waals surface area contributed by atoms with E-state index in [2.05, 4.69) is 4.98 Å². The Hall–Kier alpha value is -3.59. The zero-order valence-electron chi connectivity index (χ0n) is 18.0. The maximum Gasteiger partial charge on any atom is 0.283 e. The lowest BCUT2D eigenvalue weighted by molar-refractivity contribution is -0.123. The van der Waals surface area contributed by atoms with E-state index in [-0.39, 0.29) is 22.3 Å². The van der Waals surface area contributed by atoms with Gasteiger partial charge in [0, 0.05) is 17.0 Å². The summed E-state index contributed by atoms with van der Waals surface area (Å²) in [5, 5.41) is 0.0361. The fraction of sp³-hybridized carbons (Fsp3) is 0.217. The molecule has 0 bridgehead atoms. The Morgan fingerprint density at radius 1 is 1.03 bits per heavy atom. The maximum absolute atomic E-state index is 13.6. The third-order valence-corrected chi connectivity index (χ3v) is 6.47. The molecule has 2 heterocycles. The van der Waals surface area contributed by atoms with Crippen molar-refractivity contribution in [2.24, 2.45) is 0 Å². The Labute approximate surface area is 187 Å². The van der Waals surface area contributed by atoms with Crippen molar-refractivity contribution >= 4 is 45.3 Å². The van der Waals surface area contributed by atoms with Gasteiger partial charge in [0.1, 0.15) is 16.3 Å². The van der Waals surface area contributed by atoms with E-state index in [9.17, 15) is 14.4 Å². The van der Waals surface area contributed by atoms with Crippen LogP contribution in [0.3, 0.4) is 0 Å². The van der Waals surface area contributed by atoms with Gasteiger partial charge in [-0.2, -0.15) is 0 Å². The van der Waals surface area contributed by atoms with Crippen LogP contribution >= 0.6 is 11.8 Å². The number of methoxy groups -OCH3 is 2. The Morgan fingerprint density at radius 2 is 1.72 bits per heavy atom. The van der Waals surface area contributed by atoms with Gasteiger partial charge in [0.05, 0.1) is 19.9 Å². The van der Waals surface area contributed by atoms with Gasteiger partial charge in [-0.25, -0.2) is 4.98 Å². The van der Waals surface area contributed by atoms with Crippen LogP contribution in [0.25, 0.3) is 27.6 Å². The molecular formula is C23H21N3O5S. The first kappa shape index (κ1) is 21.6. The lowest BCUT2D eigenvalue weighted by atomic mass is 10.2. The third kappa shape index (κ3) is 3.64. The molecule has 0 saturated carbocycles. The summed E-state index contributed by atoms with van der Waals surface area (Å²) in [6.07, 6.45) is 0. The molecule has 164 valence electrons. The van der Waals surface area contributed by atoms with E-state index in [1.54, 1.807) is 18.2 Å². The molecule has 1 N–H and O–H groups in total. The Kier molecular flexibility index (Phi) is 5.75. The van der Waals surface area contributed by atoms with Crippen LogP contribution in [0, 0.1) is 0 Å². The number of rotatable bonds is 7. The number of nitrogens with zero attached hydrogens (tertiary/aromatic N) is 2. The van der Waals surface area contributed by atoms with Gasteiger partial charge in [-0.05, 0) is 32.0 Å². The summed E-state index contributed by atoms with van der Waals surface area (Å²) in [6, 6.07) is 12.5. The van der Waals surface area contributed by atoms with E-state index in [0.29, 0.717) is 28.2 Å². The van der Waals surface area contributed by atoms with Gasteiger partial charge >= 0.3 is 0 Å². The number of Topliss-reactive ketones (excluding diaryl/α,β-unsaturated/α-hetero) is 2. The molecule has 2 aromatic carbocycles. The van der Waals surface area contributed by atoms with Crippen molar-refractivity contribution in [1.29, 1.82) is 0 Å². The van der Waals surface area contributed by atoms with Gasteiger partial charge in [-0.3, -0.25) is 19.0 Å². The SMILES string of the molecule is COc1ccc(-n2c(SC(C(C)=O)C(C)=O)nc3c([nH]c4ccccc43)c2=O)cc1OC. The van der Waals surface area contributed by atoms with Gasteiger partial charge in [-0.15, -0.1) is 0 Å². The number of carbonyl (C=O) groups is 2. The molecule has 0 spiro atoms. The number of thioether (sulfide) groups is 1. The molecule has 0 unspecified atom stereocenters. The summed E-state index contributed by atoms with van der Waals surface area (Å²) >= 11 is 0.958. The van der Waals surface area contributed by atoms with Crippen LogP contribution in [0.5, 0.6) is 11.5 Å². The highest BCUT2D eigenvalue weighted by Crippen LogP contribution is 2.33. The highest BCUT2D eigenvalue weighted by molar-refractivity contribution is 8.01. The molecule has 0 aliphatic rings. The second-order valence-corrected chi connectivity index (χ2v) is 8.26. The number of ketones is 2. The number of benzene rings is 2. The van der Waals surface area contributed by atoms with Crippen molar-refractivity contribution in [3.8, 4) is 17.2 Å². The van der Waals surface area contributed by atoms with Crippen LogP contribution in [0.1, 0.15) is 13.8 Å². The van der Waals surface area contributed by atoms with Gasteiger partial charge < -0.3 is 14.5 Å². The molecule has 0 saturated heterocycles. The van der Waals surface area contributed by atoms with Crippen molar-refractivity contribution < 1.29 is 19.1 Å².